The van der Waals surface area contributed by atoms with Gasteiger partial charge in [0.1, 0.15) is 11.9 Å². The number of hydrogen-bond acceptors (Lipinski definition) is 1. The van der Waals surface area contributed by atoms with Crippen LogP contribution in [0.25, 0.3) is 11.1 Å². The summed E-state index contributed by atoms with van der Waals surface area (Å²) in [6, 6.07) is 17.0. The molecule has 2 aliphatic rings. The Morgan fingerprint density at radius 1 is 0.950 bits per heavy atom. The average Bonchev–Trinajstić information content (AvgIpc) is 2.85. The van der Waals surface area contributed by atoms with E-state index in [9.17, 15) is 0 Å². The lowest BCUT2D eigenvalue weighted by molar-refractivity contribution is 0.268. The van der Waals surface area contributed by atoms with Crippen molar-refractivity contribution in [1.29, 1.82) is 0 Å². The molecule has 2 aromatic rings. The first-order valence-corrected chi connectivity index (χ1v) is 7.04. The Bertz CT molecular complexity index is 710. The first-order valence-electron chi connectivity index (χ1n) is 7.04. The molecule has 0 aromatic heterocycles. The fourth-order valence-corrected chi connectivity index (χ4v) is 3.05. The SMILES string of the molecule is CC1=CC2c3cc(-c4ccccc4)ccc3OC2C=C1. The Morgan fingerprint density at radius 3 is 2.65 bits per heavy atom. The smallest absolute Gasteiger partial charge is 0.128 e. The second-order valence-electron chi connectivity index (χ2n) is 5.50. The molecule has 1 aliphatic heterocycles. The van der Waals surface area contributed by atoms with Crippen LogP contribution in [0.5, 0.6) is 5.75 Å². The normalized spacial score (nSPS) is 22.8. The molecule has 0 radical (unpaired) electrons. The minimum atomic E-state index is 0.166. The molecule has 1 nitrogen and oxygen atoms in total. The molecule has 0 saturated heterocycles. The number of allylic oxidation sites excluding steroid dienone is 2. The zero-order valence-electron chi connectivity index (χ0n) is 11.4. The molecule has 2 unspecified atom stereocenters. The van der Waals surface area contributed by atoms with Crippen LogP contribution in [0.4, 0.5) is 0 Å². The van der Waals surface area contributed by atoms with Crippen molar-refractivity contribution in [3.8, 4) is 16.9 Å². The standard InChI is InChI=1S/C19H16O/c1-13-7-9-18-16(11-13)17-12-15(8-10-19(17)20-18)14-5-3-2-4-6-14/h2-12,16,18H,1H3. The molecule has 0 bridgehead atoms. The summed E-state index contributed by atoms with van der Waals surface area (Å²) in [6.45, 7) is 2.14. The van der Waals surface area contributed by atoms with E-state index >= 15 is 0 Å². The van der Waals surface area contributed by atoms with Crippen molar-refractivity contribution in [2.24, 2.45) is 0 Å². The van der Waals surface area contributed by atoms with Gasteiger partial charge in [-0.15, -0.1) is 0 Å². The maximum Gasteiger partial charge on any atom is 0.128 e. The third-order valence-electron chi connectivity index (χ3n) is 4.08. The van der Waals surface area contributed by atoms with Crippen molar-refractivity contribution in [3.05, 3.63) is 77.9 Å². The predicted octanol–water partition coefficient (Wildman–Crippen LogP) is 4.71. The van der Waals surface area contributed by atoms with Crippen LogP contribution in [0.15, 0.2) is 72.3 Å². The molecule has 4 rings (SSSR count). The van der Waals surface area contributed by atoms with Gasteiger partial charge in [-0.25, -0.2) is 0 Å². The molecule has 0 N–H and O–H groups in total. The molecule has 0 saturated carbocycles. The van der Waals surface area contributed by atoms with Crippen LogP contribution in [-0.2, 0) is 0 Å². The molecule has 98 valence electrons. The highest BCUT2D eigenvalue weighted by Crippen LogP contribution is 2.43. The molecular weight excluding hydrogens is 244 g/mol. The maximum absolute atomic E-state index is 6.02. The molecular formula is C19H16O. The van der Waals surface area contributed by atoms with Gasteiger partial charge < -0.3 is 4.74 Å². The highest BCUT2D eigenvalue weighted by molar-refractivity contribution is 5.67. The lowest BCUT2D eigenvalue weighted by atomic mass is 9.88. The first kappa shape index (κ1) is 11.5. The van der Waals surface area contributed by atoms with E-state index in [2.05, 4.69) is 67.6 Å². The number of fused-ring (bicyclic) bond motifs is 3. The number of ether oxygens (including phenoxy) is 1. The van der Waals surface area contributed by atoms with E-state index < -0.39 is 0 Å². The quantitative estimate of drug-likeness (QED) is 0.721. The van der Waals surface area contributed by atoms with E-state index in [-0.39, 0.29) is 6.10 Å². The van der Waals surface area contributed by atoms with Gasteiger partial charge in [0.2, 0.25) is 0 Å². The molecule has 0 fully saturated rings. The van der Waals surface area contributed by atoms with Crippen molar-refractivity contribution in [3.63, 3.8) is 0 Å². The van der Waals surface area contributed by atoms with Gasteiger partial charge in [-0.1, -0.05) is 54.1 Å². The van der Waals surface area contributed by atoms with E-state index in [0.717, 1.165) is 5.75 Å². The molecule has 0 amide bonds. The predicted molar refractivity (Wildman–Crippen MR) is 81.9 cm³/mol. The number of benzene rings is 2. The average molecular weight is 260 g/mol. The fourth-order valence-electron chi connectivity index (χ4n) is 3.05. The van der Waals surface area contributed by atoms with Gasteiger partial charge in [0.05, 0.1) is 0 Å². The third kappa shape index (κ3) is 1.78. The number of rotatable bonds is 1. The third-order valence-corrected chi connectivity index (χ3v) is 4.08. The van der Waals surface area contributed by atoms with Crippen molar-refractivity contribution < 1.29 is 4.74 Å². The van der Waals surface area contributed by atoms with E-state index in [0.29, 0.717) is 5.92 Å². The Kier molecular flexibility index (Phi) is 2.53. The molecule has 2 atom stereocenters. The summed E-state index contributed by atoms with van der Waals surface area (Å²) in [5.74, 6) is 1.38. The Morgan fingerprint density at radius 2 is 1.80 bits per heavy atom. The van der Waals surface area contributed by atoms with Crippen LogP contribution < -0.4 is 4.74 Å². The van der Waals surface area contributed by atoms with Gasteiger partial charge in [0.25, 0.3) is 0 Å². The summed E-state index contributed by atoms with van der Waals surface area (Å²) in [5.41, 5.74) is 5.13. The lowest BCUT2D eigenvalue weighted by Crippen LogP contribution is -2.16. The zero-order chi connectivity index (χ0) is 13.5. The van der Waals surface area contributed by atoms with Gasteiger partial charge in [0, 0.05) is 11.5 Å². The van der Waals surface area contributed by atoms with Crippen molar-refractivity contribution in [1.82, 2.24) is 0 Å². The van der Waals surface area contributed by atoms with Crippen LogP contribution in [0.3, 0.4) is 0 Å². The molecule has 1 heteroatoms. The minimum Gasteiger partial charge on any atom is -0.485 e. The van der Waals surface area contributed by atoms with Gasteiger partial charge in [-0.3, -0.25) is 0 Å². The Balaban J connectivity index is 1.80. The summed E-state index contributed by atoms with van der Waals surface area (Å²) < 4.78 is 6.02. The van der Waals surface area contributed by atoms with Crippen molar-refractivity contribution >= 4 is 0 Å². The van der Waals surface area contributed by atoms with E-state index in [1.54, 1.807) is 0 Å². The van der Waals surface area contributed by atoms with Crippen LogP contribution in [-0.4, -0.2) is 6.10 Å². The molecule has 2 aromatic carbocycles. The summed E-state index contributed by atoms with van der Waals surface area (Å²) in [7, 11) is 0. The van der Waals surface area contributed by atoms with E-state index in [1.807, 2.05) is 6.07 Å². The largest absolute Gasteiger partial charge is 0.485 e. The maximum atomic E-state index is 6.02. The second-order valence-corrected chi connectivity index (χ2v) is 5.50. The lowest BCUT2D eigenvalue weighted by Gasteiger charge is -2.16. The number of hydrogen-bond donors (Lipinski definition) is 0. The van der Waals surface area contributed by atoms with Gasteiger partial charge in [-0.2, -0.15) is 0 Å². The Hall–Kier alpha value is -2.28. The highest BCUT2D eigenvalue weighted by Gasteiger charge is 2.32. The molecule has 1 heterocycles. The van der Waals surface area contributed by atoms with Crippen molar-refractivity contribution in [2.75, 3.05) is 0 Å². The summed E-state index contributed by atoms with van der Waals surface area (Å²) in [6.07, 6.45) is 6.79. The fraction of sp³-hybridized carbons (Fsp3) is 0.158. The molecule has 1 aliphatic carbocycles. The minimum absolute atomic E-state index is 0.166. The van der Waals surface area contributed by atoms with E-state index in [1.165, 1.54) is 22.3 Å². The van der Waals surface area contributed by atoms with E-state index in [4.69, 9.17) is 4.74 Å². The molecule has 20 heavy (non-hydrogen) atoms. The van der Waals surface area contributed by atoms with Crippen LogP contribution in [0.2, 0.25) is 0 Å². The highest BCUT2D eigenvalue weighted by atomic mass is 16.5. The van der Waals surface area contributed by atoms with Crippen LogP contribution in [0, 0.1) is 0 Å². The summed E-state index contributed by atoms with van der Waals surface area (Å²) >= 11 is 0. The first-order chi connectivity index (χ1) is 9.81. The summed E-state index contributed by atoms with van der Waals surface area (Å²) in [4.78, 5) is 0. The van der Waals surface area contributed by atoms with Gasteiger partial charge in [0.15, 0.2) is 0 Å². The van der Waals surface area contributed by atoms with Gasteiger partial charge >= 0.3 is 0 Å². The second kappa shape index (κ2) is 4.38. The monoisotopic (exact) mass is 260 g/mol. The molecule has 0 spiro atoms. The topological polar surface area (TPSA) is 9.23 Å². The Labute approximate surface area is 119 Å². The zero-order valence-corrected chi connectivity index (χ0v) is 11.4. The summed E-state index contributed by atoms with van der Waals surface area (Å²) in [5, 5.41) is 0. The van der Waals surface area contributed by atoms with Crippen LogP contribution >= 0.6 is 0 Å². The van der Waals surface area contributed by atoms with Gasteiger partial charge in [-0.05, 0) is 36.3 Å². The van der Waals surface area contributed by atoms with Crippen molar-refractivity contribution in [2.45, 2.75) is 18.9 Å². The van der Waals surface area contributed by atoms with Crippen LogP contribution in [0.1, 0.15) is 18.4 Å².